The van der Waals surface area contributed by atoms with Gasteiger partial charge in [-0.15, -0.1) is 11.3 Å². The van der Waals surface area contributed by atoms with E-state index >= 15 is 0 Å². The van der Waals surface area contributed by atoms with Crippen molar-refractivity contribution in [2.24, 2.45) is 5.92 Å². The quantitative estimate of drug-likeness (QED) is 0.546. The Balaban J connectivity index is 1.40. The molecule has 1 aliphatic carbocycles. The van der Waals surface area contributed by atoms with Gasteiger partial charge in [0.1, 0.15) is 16.1 Å². The fourth-order valence-corrected chi connectivity index (χ4v) is 4.53. The van der Waals surface area contributed by atoms with Crippen LogP contribution in [0.25, 0.3) is 0 Å². The minimum Gasteiger partial charge on any atom is -0.476 e. The summed E-state index contributed by atoms with van der Waals surface area (Å²) in [5, 5.41) is 4.46. The number of halogens is 1. The number of hydrogen-bond acceptors (Lipinski definition) is 7. The summed E-state index contributed by atoms with van der Waals surface area (Å²) in [4.78, 5) is 19.1. The van der Waals surface area contributed by atoms with E-state index in [9.17, 15) is 0 Å². The molecule has 0 saturated heterocycles. The van der Waals surface area contributed by atoms with Crippen LogP contribution in [0.4, 0.5) is 5.82 Å². The number of pyridine rings is 1. The van der Waals surface area contributed by atoms with Gasteiger partial charge in [0.15, 0.2) is 0 Å². The van der Waals surface area contributed by atoms with Crippen LogP contribution in [0, 0.1) is 26.7 Å². The van der Waals surface area contributed by atoms with Crippen molar-refractivity contribution in [1.82, 2.24) is 19.9 Å². The minimum atomic E-state index is 0.483. The Kier molecular flexibility index (Phi) is 5.59. The van der Waals surface area contributed by atoms with Crippen molar-refractivity contribution in [3.05, 3.63) is 56.0 Å². The zero-order valence-corrected chi connectivity index (χ0v) is 18.5. The molecule has 0 unspecified atom stereocenters. The molecule has 0 bridgehead atoms. The highest BCUT2D eigenvalue weighted by molar-refractivity contribution is 9.10. The van der Waals surface area contributed by atoms with Crippen molar-refractivity contribution in [3.63, 3.8) is 0 Å². The zero-order chi connectivity index (χ0) is 19.7. The maximum absolute atomic E-state index is 6.04. The van der Waals surface area contributed by atoms with E-state index in [4.69, 9.17) is 4.74 Å². The second-order valence-electron chi connectivity index (χ2n) is 7.00. The number of thiazole rings is 1. The van der Waals surface area contributed by atoms with Gasteiger partial charge < -0.3 is 10.1 Å². The average molecular weight is 460 g/mol. The van der Waals surface area contributed by atoms with Crippen molar-refractivity contribution in [1.29, 1.82) is 0 Å². The lowest BCUT2D eigenvalue weighted by molar-refractivity contribution is 0.282. The summed E-state index contributed by atoms with van der Waals surface area (Å²) >= 11 is 5.31. The summed E-state index contributed by atoms with van der Waals surface area (Å²) in [7, 11) is 0. The second kappa shape index (κ2) is 8.13. The van der Waals surface area contributed by atoms with Gasteiger partial charge in [0.2, 0.25) is 5.88 Å². The Morgan fingerprint density at radius 1 is 1.21 bits per heavy atom. The van der Waals surface area contributed by atoms with Gasteiger partial charge in [-0.2, -0.15) is 4.98 Å². The van der Waals surface area contributed by atoms with Gasteiger partial charge in [-0.3, -0.25) is 4.98 Å². The summed E-state index contributed by atoms with van der Waals surface area (Å²) in [6, 6.07) is 6.07. The third-order valence-electron chi connectivity index (χ3n) is 4.77. The molecule has 8 heteroatoms. The third-order valence-corrected chi connectivity index (χ3v) is 6.56. The molecule has 28 heavy (non-hydrogen) atoms. The molecule has 6 nitrogen and oxygen atoms in total. The predicted molar refractivity (Wildman–Crippen MR) is 114 cm³/mol. The molecule has 146 valence electrons. The molecule has 0 aromatic carbocycles. The number of rotatable bonds is 7. The van der Waals surface area contributed by atoms with Gasteiger partial charge in [0.05, 0.1) is 23.9 Å². The van der Waals surface area contributed by atoms with E-state index < -0.39 is 0 Å². The molecule has 1 N–H and O–H groups in total. The lowest BCUT2D eigenvalue weighted by atomic mass is 10.2. The van der Waals surface area contributed by atoms with Crippen LogP contribution < -0.4 is 10.1 Å². The van der Waals surface area contributed by atoms with Gasteiger partial charge in [0, 0.05) is 28.6 Å². The molecule has 0 radical (unpaired) electrons. The number of aromatic nitrogens is 4. The van der Waals surface area contributed by atoms with E-state index in [0.29, 0.717) is 36.7 Å². The summed E-state index contributed by atoms with van der Waals surface area (Å²) < 4.78 is 6.79. The van der Waals surface area contributed by atoms with Crippen LogP contribution in [-0.4, -0.2) is 26.5 Å². The average Bonchev–Trinajstić information content (AvgIpc) is 3.39. The van der Waals surface area contributed by atoms with Gasteiger partial charge in [-0.1, -0.05) is 6.07 Å². The molecule has 1 aliphatic rings. The zero-order valence-electron chi connectivity index (χ0n) is 16.1. The van der Waals surface area contributed by atoms with Crippen molar-refractivity contribution in [3.8, 4) is 5.88 Å². The highest BCUT2D eigenvalue weighted by Crippen LogP contribution is 2.47. The molecule has 2 atom stereocenters. The highest BCUT2D eigenvalue weighted by atomic mass is 79.9. The van der Waals surface area contributed by atoms with Crippen LogP contribution in [0.15, 0.2) is 28.9 Å². The van der Waals surface area contributed by atoms with Crippen LogP contribution in [0.2, 0.25) is 0 Å². The van der Waals surface area contributed by atoms with E-state index in [-0.39, 0.29) is 0 Å². The molecule has 1 saturated carbocycles. The Morgan fingerprint density at radius 3 is 2.79 bits per heavy atom. The molecule has 1 fully saturated rings. The molecule has 3 aromatic heterocycles. The van der Waals surface area contributed by atoms with E-state index in [2.05, 4.69) is 47.2 Å². The number of nitrogens with zero attached hydrogens (tertiary/aromatic N) is 4. The summed E-state index contributed by atoms with van der Waals surface area (Å²) in [5.74, 6) is 2.97. The maximum Gasteiger partial charge on any atom is 0.233 e. The predicted octanol–water partition coefficient (Wildman–Crippen LogP) is 4.81. The number of anilines is 1. The lowest BCUT2D eigenvalue weighted by Gasteiger charge is -2.12. The first-order chi connectivity index (χ1) is 13.5. The Bertz CT molecular complexity index is 978. The van der Waals surface area contributed by atoms with Crippen molar-refractivity contribution in [2.45, 2.75) is 39.7 Å². The normalized spacial score (nSPS) is 18.1. The van der Waals surface area contributed by atoms with E-state index in [0.717, 1.165) is 33.1 Å². The van der Waals surface area contributed by atoms with Crippen molar-refractivity contribution in [2.75, 3.05) is 11.9 Å². The smallest absolute Gasteiger partial charge is 0.233 e. The molecule has 4 rings (SSSR count). The van der Waals surface area contributed by atoms with Crippen LogP contribution in [0.1, 0.15) is 39.4 Å². The van der Waals surface area contributed by atoms with E-state index in [1.807, 2.05) is 39.1 Å². The van der Waals surface area contributed by atoms with Gasteiger partial charge in [-0.25, -0.2) is 9.97 Å². The van der Waals surface area contributed by atoms with Gasteiger partial charge in [0.25, 0.3) is 0 Å². The molecule has 3 aromatic rings. The van der Waals surface area contributed by atoms with Crippen molar-refractivity contribution >= 4 is 33.1 Å². The largest absolute Gasteiger partial charge is 0.476 e. The topological polar surface area (TPSA) is 72.8 Å². The third kappa shape index (κ3) is 4.33. The standard InChI is InChI=1S/C20H22BrN5OS/c1-11-17(28-13(3)24-11)9-23-19-18(21)20(26-12(2)25-19)27-10-14-8-15(14)16-6-4-5-7-22-16/h4-7,14-15H,8-10H2,1-3H3,(H,23,25,26)/t14-,15+/m1/s1. The first kappa shape index (κ1) is 19.3. The Morgan fingerprint density at radius 2 is 2.07 bits per heavy atom. The first-order valence-corrected chi connectivity index (χ1v) is 10.9. The maximum atomic E-state index is 6.04. The second-order valence-corrected chi connectivity index (χ2v) is 9.08. The number of nitrogens with one attached hydrogen (secondary N) is 1. The summed E-state index contributed by atoms with van der Waals surface area (Å²) in [5.41, 5.74) is 2.20. The lowest BCUT2D eigenvalue weighted by Crippen LogP contribution is -2.08. The first-order valence-electron chi connectivity index (χ1n) is 9.26. The summed E-state index contributed by atoms with van der Waals surface area (Å²) in [6.07, 6.45) is 2.95. The molecule has 0 spiro atoms. The highest BCUT2D eigenvalue weighted by Gasteiger charge is 2.40. The van der Waals surface area contributed by atoms with Crippen LogP contribution in [-0.2, 0) is 6.54 Å². The number of ether oxygens (including phenoxy) is 1. The van der Waals surface area contributed by atoms with E-state index in [1.54, 1.807) is 11.3 Å². The fourth-order valence-electron chi connectivity index (χ4n) is 3.22. The number of aryl methyl sites for hydroxylation is 3. The molecule has 0 amide bonds. The fraction of sp³-hybridized carbons (Fsp3) is 0.400. The monoisotopic (exact) mass is 459 g/mol. The summed E-state index contributed by atoms with van der Waals surface area (Å²) in [6.45, 7) is 7.23. The molecule has 3 heterocycles. The van der Waals surface area contributed by atoms with Crippen LogP contribution in [0.5, 0.6) is 5.88 Å². The Labute approximate surface area is 177 Å². The van der Waals surface area contributed by atoms with Crippen LogP contribution >= 0.6 is 27.3 Å². The minimum absolute atomic E-state index is 0.483. The number of hydrogen-bond donors (Lipinski definition) is 1. The molecular formula is C20H22BrN5OS. The van der Waals surface area contributed by atoms with Crippen molar-refractivity contribution < 1.29 is 4.74 Å². The molecular weight excluding hydrogens is 438 g/mol. The SMILES string of the molecule is Cc1nc(NCc2sc(C)nc2C)c(Br)c(OC[C@H]2C[C@@H]2c2ccccn2)n1. The van der Waals surface area contributed by atoms with Crippen LogP contribution in [0.3, 0.4) is 0 Å². The van der Waals surface area contributed by atoms with Gasteiger partial charge >= 0.3 is 0 Å². The Hall–Kier alpha value is -2.06. The molecule has 0 aliphatic heterocycles. The van der Waals surface area contributed by atoms with Gasteiger partial charge in [-0.05, 0) is 55.3 Å². The van der Waals surface area contributed by atoms with E-state index in [1.165, 1.54) is 4.88 Å².